The number of nitrogens with zero attached hydrogens (tertiary/aromatic N) is 2. The van der Waals surface area contributed by atoms with Gasteiger partial charge < -0.3 is 9.32 Å². The summed E-state index contributed by atoms with van der Waals surface area (Å²) in [5.41, 5.74) is 2.76. The van der Waals surface area contributed by atoms with Crippen molar-refractivity contribution in [2.75, 3.05) is 20.1 Å². The summed E-state index contributed by atoms with van der Waals surface area (Å²) in [6.07, 6.45) is 0.986. The Labute approximate surface area is 100 Å². The summed E-state index contributed by atoms with van der Waals surface area (Å²) < 4.78 is 6.64. The van der Waals surface area contributed by atoms with E-state index in [1.807, 2.05) is 18.2 Å². The number of fused-ring (bicyclic) bond motifs is 1. The molecule has 0 aliphatic carbocycles. The van der Waals surface area contributed by atoms with Gasteiger partial charge in [-0.05, 0) is 37.7 Å². The Morgan fingerprint density at radius 3 is 2.88 bits per heavy atom. The van der Waals surface area contributed by atoms with Crippen molar-refractivity contribution in [3.8, 4) is 0 Å². The lowest BCUT2D eigenvalue weighted by atomic mass is 10.1. The summed E-state index contributed by atoms with van der Waals surface area (Å²) in [5.74, 6) is -0.303. The molecule has 0 saturated carbocycles. The second-order valence-electron chi connectivity index (χ2n) is 4.37. The van der Waals surface area contributed by atoms with E-state index in [1.165, 1.54) is 5.56 Å². The molecule has 0 atom stereocenters. The highest BCUT2D eigenvalue weighted by atomic mass is 16.4. The van der Waals surface area contributed by atoms with E-state index in [2.05, 4.69) is 18.9 Å². The Morgan fingerprint density at radius 2 is 2.18 bits per heavy atom. The Hall–Kier alpha value is -1.55. The Balaban J connectivity index is 2.25. The summed E-state index contributed by atoms with van der Waals surface area (Å²) in [6, 6.07) is 5.93. The molecule has 0 radical (unpaired) electrons. The summed E-state index contributed by atoms with van der Waals surface area (Å²) in [6.45, 7) is 4.21. The average Bonchev–Trinajstić information content (AvgIpc) is 2.62. The maximum atomic E-state index is 11.4. The van der Waals surface area contributed by atoms with Gasteiger partial charge in [-0.1, -0.05) is 13.0 Å². The lowest BCUT2D eigenvalue weighted by molar-refractivity contribution is 0.357. The van der Waals surface area contributed by atoms with Crippen molar-refractivity contribution in [2.45, 2.75) is 13.3 Å². The molecule has 0 saturated heterocycles. The van der Waals surface area contributed by atoms with E-state index in [0.717, 1.165) is 25.0 Å². The highest BCUT2D eigenvalue weighted by Gasteiger charge is 2.06. The molecule has 1 heterocycles. The molecule has 0 aliphatic heterocycles. The minimum Gasteiger partial charge on any atom is -0.408 e. The van der Waals surface area contributed by atoms with Crippen molar-refractivity contribution < 1.29 is 4.42 Å². The highest BCUT2D eigenvalue weighted by Crippen LogP contribution is 2.14. The van der Waals surface area contributed by atoms with Gasteiger partial charge in [-0.15, -0.1) is 0 Å². The molecular formula is C13H18N2O2. The van der Waals surface area contributed by atoms with E-state index >= 15 is 0 Å². The van der Waals surface area contributed by atoms with Crippen LogP contribution in [0.3, 0.4) is 0 Å². The van der Waals surface area contributed by atoms with Crippen LogP contribution < -0.4 is 5.76 Å². The van der Waals surface area contributed by atoms with Crippen LogP contribution in [0.2, 0.25) is 0 Å². The van der Waals surface area contributed by atoms with Crippen LogP contribution in [0, 0.1) is 0 Å². The summed E-state index contributed by atoms with van der Waals surface area (Å²) in [4.78, 5) is 13.6. The third kappa shape index (κ3) is 2.42. The molecule has 0 unspecified atom stereocenters. The first-order chi connectivity index (χ1) is 8.11. The molecule has 0 fully saturated rings. The van der Waals surface area contributed by atoms with Crippen LogP contribution in [0.25, 0.3) is 11.1 Å². The van der Waals surface area contributed by atoms with Crippen LogP contribution in [-0.2, 0) is 13.5 Å². The number of hydrogen-bond donors (Lipinski definition) is 0. The van der Waals surface area contributed by atoms with Crippen LogP contribution in [-0.4, -0.2) is 29.6 Å². The molecule has 4 heteroatoms. The first-order valence-electron chi connectivity index (χ1n) is 5.89. The van der Waals surface area contributed by atoms with E-state index in [0.29, 0.717) is 5.58 Å². The zero-order valence-corrected chi connectivity index (χ0v) is 10.6. The van der Waals surface area contributed by atoms with Crippen molar-refractivity contribution in [2.24, 2.45) is 7.05 Å². The van der Waals surface area contributed by atoms with Gasteiger partial charge in [0.15, 0.2) is 5.58 Å². The molecule has 92 valence electrons. The molecule has 0 N–H and O–H groups in total. The van der Waals surface area contributed by atoms with Crippen LogP contribution in [0.5, 0.6) is 0 Å². The zero-order valence-electron chi connectivity index (χ0n) is 10.6. The third-order valence-electron chi connectivity index (χ3n) is 3.18. The molecule has 0 spiro atoms. The van der Waals surface area contributed by atoms with Gasteiger partial charge >= 0.3 is 5.76 Å². The molecule has 0 aliphatic rings. The Morgan fingerprint density at radius 1 is 1.41 bits per heavy atom. The summed E-state index contributed by atoms with van der Waals surface area (Å²) in [5, 5.41) is 0. The number of hydrogen-bond acceptors (Lipinski definition) is 3. The average molecular weight is 234 g/mol. The maximum Gasteiger partial charge on any atom is 0.419 e. The van der Waals surface area contributed by atoms with Gasteiger partial charge in [-0.25, -0.2) is 4.79 Å². The first-order valence-corrected chi connectivity index (χ1v) is 5.89. The van der Waals surface area contributed by atoms with Crippen LogP contribution in [0.15, 0.2) is 27.4 Å². The molecule has 2 rings (SSSR count). The predicted octanol–water partition coefficient (Wildman–Crippen LogP) is 1.63. The van der Waals surface area contributed by atoms with E-state index < -0.39 is 0 Å². The van der Waals surface area contributed by atoms with Gasteiger partial charge in [0, 0.05) is 13.6 Å². The van der Waals surface area contributed by atoms with E-state index in [9.17, 15) is 4.79 Å². The quantitative estimate of drug-likeness (QED) is 0.807. The number of rotatable bonds is 4. The van der Waals surface area contributed by atoms with Crippen molar-refractivity contribution in [3.05, 3.63) is 34.3 Å². The normalized spacial score (nSPS) is 11.5. The topological polar surface area (TPSA) is 38.4 Å². The largest absolute Gasteiger partial charge is 0.419 e. The maximum absolute atomic E-state index is 11.4. The fourth-order valence-corrected chi connectivity index (χ4v) is 1.81. The van der Waals surface area contributed by atoms with Crippen molar-refractivity contribution in [1.82, 2.24) is 9.47 Å². The van der Waals surface area contributed by atoms with Crippen LogP contribution in [0.4, 0.5) is 0 Å². The summed E-state index contributed by atoms with van der Waals surface area (Å²) >= 11 is 0. The number of aromatic nitrogens is 1. The van der Waals surface area contributed by atoms with Gasteiger partial charge in [-0.3, -0.25) is 4.57 Å². The van der Waals surface area contributed by atoms with Gasteiger partial charge in [0.25, 0.3) is 0 Å². The third-order valence-corrected chi connectivity index (χ3v) is 3.18. The minimum absolute atomic E-state index is 0.303. The second kappa shape index (κ2) is 4.75. The standard InChI is InChI=1S/C13H18N2O2/c1-4-14(2)8-7-10-5-6-12-11(9-10)15(3)13(16)17-12/h5-6,9H,4,7-8H2,1-3H3. The predicted molar refractivity (Wildman–Crippen MR) is 68.3 cm³/mol. The SMILES string of the molecule is CCN(C)CCc1ccc2oc(=O)n(C)c2c1. The number of oxazole rings is 1. The molecule has 17 heavy (non-hydrogen) atoms. The van der Waals surface area contributed by atoms with Crippen molar-refractivity contribution in [1.29, 1.82) is 0 Å². The highest BCUT2D eigenvalue weighted by molar-refractivity contribution is 5.73. The van der Waals surface area contributed by atoms with E-state index in [4.69, 9.17) is 4.42 Å². The molecule has 4 nitrogen and oxygen atoms in total. The smallest absolute Gasteiger partial charge is 0.408 e. The summed E-state index contributed by atoms with van der Waals surface area (Å²) in [7, 11) is 3.84. The fourth-order valence-electron chi connectivity index (χ4n) is 1.81. The molecule has 1 aromatic carbocycles. The van der Waals surface area contributed by atoms with Gasteiger partial charge in [-0.2, -0.15) is 0 Å². The van der Waals surface area contributed by atoms with Gasteiger partial charge in [0.05, 0.1) is 5.52 Å². The molecule has 0 bridgehead atoms. The van der Waals surface area contributed by atoms with E-state index in [1.54, 1.807) is 11.6 Å². The fraction of sp³-hybridized carbons (Fsp3) is 0.462. The van der Waals surface area contributed by atoms with Gasteiger partial charge in [0.2, 0.25) is 0 Å². The Kier molecular flexibility index (Phi) is 3.33. The second-order valence-corrected chi connectivity index (χ2v) is 4.37. The molecular weight excluding hydrogens is 216 g/mol. The van der Waals surface area contributed by atoms with Crippen molar-refractivity contribution in [3.63, 3.8) is 0 Å². The molecule has 2 aromatic rings. The monoisotopic (exact) mass is 234 g/mol. The number of benzene rings is 1. The lowest BCUT2D eigenvalue weighted by Crippen LogP contribution is -2.20. The zero-order chi connectivity index (χ0) is 12.4. The van der Waals surface area contributed by atoms with Crippen LogP contribution >= 0.6 is 0 Å². The Bertz CT molecular complexity index is 568. The van der Waals surface area contributed by atoms with Crippen LogP contribution in [0.1, 0.15) is 12.5 Å². The van der Waals surface area contributed by atoms with Gasteiger partial charge in [0.1, 0.15) is 0 Å². The minimum atomic E-state index is -0.303. The van der Waals surface area contributed by atoms with Crippen molar-refractivity contribution >= 4 is 11.1 Å². The molecule has 0 amide bonds. The first kappa shape index (κ1) is 11.9. The lowest BCUT2D eigenvalue weighted by Gasteiger charge is -2.13. The molecule has 1 aromatic heterocycles. The number of aryl methyl sites for hydroxylation is 1. The number of likely N-dealkylation sites (N-methyl/N-ethyl adjacent to an activating group) is 1. The van der Waals surface area contributed by atoms with E-state index in [-0.39, 0.29) is 5.76 Å².